The lowest BCUT2D eigenvalue weighted by molar-refractivity contribution is 0.102. The van der Waals surface area contributed by atoms with E-state index in [9.17, 15) is 13.2 Å². The quantitative estimate of drug-likeness (QED) is 0.439. The number of hydrogen-bond acceptors (Lipinski definition) is 4. The molecule has 33 heavy (non-hydrogen) atoms. The molecule has 0 spiro atoms. The number of sulfonamides is 1. The Morgan fingerprint density at radius 3 is 2.09 bits per heavy atom. The molecule has 0 saturated heterocycles. The summed E-state index contributed by atoms with van der Waals surface area (Å²) in [5.74, 6) is -0.358. The zero-order chi connectivity index (χ0) is 23.4. The summed E-state index contributed by atoms with van der Waals surface area (Å²) in [4.78, 5) is 17.5. The third kappa shape index (κ3) is 5.10. The highest BCUT2D eigenvalue weighted by atomic mass is 32.2. The van der Waals surface area contributed by atoms with Crippen LogP contribution in [0.1, 0.15) is 10.4 Å². The van der Waals surface area contributed by atoms with Crippen LogP contribution in [-0.2, 0) is 10.0 Å². The number of carbonyl (C=O) groups excluding carboxylic acids is 1. The standard InChI is InChI=1S/C26H23N3O3S/c1-29(33(2,31)32)25-14-13-21(19-9-5-3-6-10-19)17-24(25)28-26(30)22-15-16-27-23(18-22)20-11-7-4-8-12-20/h3-18H,1-2H3,(H,28,30). The minimum absolute atomic E-state index is 0.358. The van der Waals surface area contributed by atoms with Crippen LogP contribution in [0.5, 0.6) is 0 Å². The van der Waals surface area contributed by atoms with Gasteiger partial charge < -0.3 is 5.32 Å². The van der Waals surface area contributed by atoms with Crippen LogP contribution >= 0.6 is 0 Å². The molecule has 0 aliphatic carbocycles. The predicted octanol–water partition coefficient (Wildman–Crippen LogP) is 5.06. The van der Waals surface area contributed by atoms with Crippen molar-refractivity contribution in [2.75, 3.05) is 22.9 Å². The average molecular weight is 458 g/mol. The molecule has 0 bridgehead atoms. The van der Waals surface area contributed by atoms with Gasteiger partial charge in [-0.15, -0.1) is 0 Å². The Kier molecular flexibility index (Phi) is 6.24. The molecule has 4 rings (SSSR count). The lowest BCUT2D eigenvalue weighted by atomic mass is 10.0. The first-order valence-corrected chi connectivity index (χ1v) is 12.1. The maximum absolute atomic E-state index is 13.2. The Balaban J connectivity index is 1.72. The number of hydrogen-bond donors (Lipinski definition) is 1. The van der Waals surface area contributed by atoms with Crippen LogP contribution in [0.25, 0.3) is 22.4 Å². The van der Waals surface area contributed by atoms with E-state index in [-0.39, 0.29) is 5.91 Å². The molecule has 0 radical (unpaired) electrons. The van der Waals surface area contributed by atoms with E-state index < -0.39 is 10.0 Å². The Bertz CT molecular complexity index is 1390. The molecular formula is C26H23N3O3S. The molecule has 0 aliphatic rings. The van der Waals surface area contributed by atoms with Gasteiger partial charge in [-0.05, 0) is 35.4 Å². The average Bonchev–Trinajstić information content (AvgIpc) is 2.84. The second-order valence-electron chi connectivity index (χ2n) is 7.58. The molecule has 6 nitrogen and oxygen atoms in total. The smallest absolute Gasteiger partial charge is 0.255 e. The van der Waals surface area contributed by atoms with Crippen molar-refractivity contribution in [1.82, 2.24) is 4.98 Å². The summed E-state index contributed by atoms with van der Waals surface area (Å²) >= 11 is 0. The maximum Gasteiger partial charge on any atom is 0.255 e. The van der Waals surface area contributed by atoms with E-state index in [4.69, 9.17) is 0 Å². The van der Waals surface area contributed by atoms with Crippen molar-refractivity contribution < 1.29 is 13.2 Å². The van der Waals surface area contributed by atoms with Crippen molar-refractivity contribution in [3.63, 3.8) is 0 Å². The molecule has 0 saturated carbocycles. The molecule has 0 atom stereocenters. The summed E-state index contributed by atoms with van der Waals surface area (Å²) < 4.78 is 25.6. The number of anilines is 2. The van der Waals surface area contributed by atoms with Gasteiger partial charge in [0.05, 0.1) is 23.3 Å². The Labute approximate surface area is 193 Å². The lowest BCUT2D eigenvalue weighted by Gasteiger charge is -2.21. The van der Waals surface area contributed by atoms with Gasteiger partial charge in [-0.25, -0.2) is 8.42 Å². The minimum atomic E-state index is -3.53. The van der Waals surface area contributed by atoms with E-state index in [0.717, 1.165) is 27.3 Å². The molecule has 166 valence electrons. The Morgan fingerprint density at radius 2 is 1.45 bits per heavy atom. The molecule has 0 fully saturated rings. The number of carbonyl (C=O) groups is 1. The fraction of sp³-hybridized carbons (Fsp3) is 0.0769. The van der Waals surface area contributed by atoms with Crippen LogP contribution in [0.4, 0.5) is 11.4 Å². The first-order chi connectivity index (χ1) is 15.8. The number of nitrogens with one attached hydrogen (secondary N) is 1. The molecule has 1 amide bonds. The topological polar surface area (TPSA) is 79.4 Å². The summed E-state index contributed by atoms with van der Waals surface area (Å²) in [6.07, 6.45) is 2.71. The second-order valence-corrected chi connectivity index (χ2v) is 9.59. The maximum atomic E-state index is 13.2. The van der Waals surface area contributed by atoms with E-state index in [1.165, 1.54) is 7.05 Å². The second kappa shape index (κ2) is 9.26. The monoisotopic (exact) mass is 457 g/mol. The number of benzene rings is 3. The lowest BCUT2D eigenvalue weighted by Crippen LogP contribution is -2.26. The van der Waals surface area contributed by atoms with Crippen molar-refractivity contribution in [2.45, 2.75) is 0 Å². The van der Waals surface area contributed by atoms with E-state index in [0.29, 0.717) is 22.6 Å². The van der Waals surface area contributed by atoms with E-state index >= 15 is 0 Å². The number of nitrogens with zero attached hydrogens (tertiary/aromatic N) is 2. The summed E-state index contributed by atoms with van der Waals surface area (Å²) in [7, 11) is -2.07. The van der Waals surface area contributed by atoms with Crippen molar-refractivity contribution in [3.8, 4) is 22.4 Å². The van der Waals surface area contributed by atoms with Crippen LogP contribution in [0.3, 0.4) is 0 Å². The predicted molar refractivity (Wildman–Crippen MR) is 133 cm³/mol. The van der Waals surface area contributed by atoms with Crippen LogP contribution in [-0.4, -0.2) is 32.6 Å². The highest BCUT2D eigenvalue weighted by Gasteiger charge is 2.19. The highest BCUT2D eigenvalue weighted by Crippen LogP contribution is 2.32. The molecule has 1 aromatic heterocycles. The molecule has 4 aromatic rings. The van der Waals surface area contributed by atoms with Gasteiger partial charge in [0.1, 0.15) is 0 Å². The Morgan fingerprint density at radius 1 is 0.818 bits per heavy atom. The third-order valence-corrected chi connectivity index (χ3v) is 6.47. The van der Waals surface area contributed by atoms with Gasteiger partial charge in [0, 0.05) is 24.4 Å². The third-order valence-electron chi connectivity index (χ3n) is 5.28. The molecule has 1 heterocycles. The molecule has 0 unspecified atom stereocenters. The van der Waals surface area contributed by atoms with Crippen LogP contribution < -0.4 is 9.62 Å². The van der Waals surface area contributed by atoms with Gasteiger partial charge in [-0.1, -0.05) is 66.7 Å². The SMILES string of the molecule is CN(c1ccc(-c2ccccc2)cc1NC(=O)c1ccnc(-c2ccccc2)c1)S(C)(=O)=O. The summed E-state index contributed by atoms with van der Waals surface area (Å²) in [5, 5.41) is 2.90. The van der Waals surface area contributed by atoms with Crippen LogP contribution in [0.15, 0.2) is 97.2 Å². The number of aromatic nitrogens is 1. The van der Waals surface area contributed by atoms with Crippen LogP contribution in [0, 0.1) is 0 Å². The van der Waals surface area contributed by atoms with E-state index in [1.54, 1.807) is 30.5 Å². The summed E-state index contributed by atoms with van der Waals surface area (Å²) in [6, 6.07) is 27.9. The molecule has 0 aliphatic heterocycles. The van der Waals surface area contributed by atoms with Gasteiger partial charge in [-0.3, -0.25) is 14.1 Å². The van der Waals surface area contributed by atoms with E-state index in [2.05, 4.69) is 10.3 Å². The zero-order valence-electron chi connectivity index (χ0n) is 18.3. The number of amides is 1. The number of pyridine rings is 1. The fourth-order valence-electron chi connectivity index (χ4n) is 3.43. The van der Waals surface area contributed by atoms with Crippen molar-refractivity contribution in [2.24, 2.45) is 0 Å². The van der Waals surface area contributed by atoms with E-state index in [1.807, 2.05) is 66.7 Å². The highest BCUT2D eigenvalue weighted by molar-refractivity contribution is 7.92. The fourth-order valence-corrected chi connectivity index (χ4v) is 3.95. The zero-order valence-corrected chi connectivity index (χ0v) is 19.1. The van der Waals surface area contributed by atoms with Gasteiger partial charge >= 0.3 is 0 Å². The summed E-state index contributed by atoms with van der Waals surface area (Å²) in [6.45, 7) is 0. The normalized spacial score (nSPS) is 11.1. The molecule has 7 heteroatoms. The first-order valence-electron chi connectivity index (χ1n) is 10.3. The van der Waals surface area contributed by atoms with Crippen molar-refractivity contribution >= 4 is 27.3 Å². The van der Waals surface area contributed by atoms with Gasteiger partial charge in [0.2, 0.25) is 10.0 Å². The molecule has 1 N–H and O–H groups in total. The number of rotatable bonds is 6. The Hall–Kier alpha value is -3.97. The molecular weight excluding hydrogens is 434 g/mol. The van der Waals surface area contributed by atoms with Crippen LogP contribution in [0.2, 0.25) is 0 Å². The van der Waals surface area contributed by atoms with Crippen molar-refractivity contribution in [1.29, 1.82) is 0 Å². The largest absolute Gasteiger partial charge is 0.320 e. The summed E-state index contributed by atoms with van der Waals surface area (Å²) in [5.41, 5.74) is 4.58. The minimum Gasteiger partial charge on any atom is -0.320 e. The van der Waals surface area contributed by atoms with Gasteiger partial charge in [-0.2, -0.15) is 0 Å². The molecule has 3 aromatic carbocycles. The van der Waals surface area contributed by atoms with Gasteiger partial charge in [0.15, 0.2) is 0 Å². The van der Waals surface area contributed by atoms with Crippen molar-refractivity contribution in [3.05, 3.63) is 103 Å². The first kappa shape index (κ1) is 22.2. The van der Waals surface area contributed by atoms with Gasteiger partial charge in [0.25, 0.3) is 5.91 Å².